The molecule has 0 spiro atoms. The van der Waals surface area contributed by atoms with E-state index in [0.717, 1.165) is 24.8 Å². The summed E-state index contributed by atoms with van der Waals surface area (Å²) >= 11 is 0. The Balaban J connectivity index is 2.28. The summed E-state index contributed by atoms with van der Waals surface area (Å²) in [6.45, 7) is 0. The molecule has 1 aromatic carbocycles. The van der Waals surface area contributed by atoms with Gasteiger partial charge in [-0.25, -0.2) is 0 Å². The molecular weight excluding hydrogens is 224 g/mol. The summed E-state index contributed by atoms with van der Waals surface area (Å²) in [6, 6.07) is 2.97. The highest BCUT2D eigenvalue weighted by Gasteiger charge is 2.44. The van der Waals surface area contributed by atoms with Crippen LogP contribution in [-0.2, 0) is 0 Å². The summed E-state index contributed by atoms with van der Waals surface area (Å²) in [5.41, 5.74) is 0.931. The third-order valence-electron chi connectivity index (χ3n) is 3.89. The minimum Gasteiger partial charge on any atom is -0.258 e. The maximum atomic E-state index is 11.1. The Morgan fingerprint density at radius 1 is 1.06 bits per heavy atom. The van der Waals surface area contributed by atoms with Gasteiger partial charge in [0.2, 0.25) is 0 Å². The van der Waals surface area contributed by atoms with Gasteiger partial charge >= 0.3 is 11.4 Å². The molecule has 6 nitrogen and oxygen atoms in total. The topological polar surface area (TPSA) is 86.3 Å². The molecule has 0 saturated heterocycles. The highest BCUT2D eigenvalue weighted by atomic mass is 16.6. The van der Waals surface area contributed by atoms with E-state index in [1.165, 1.54) is 6.07 Å². The van der Waals surface area contributed by atoms with Crippen molar-refractivity contribution in [1.29, 1.82) is 0 Å². The fourth-order valence-electron chi connectivity index (χ4n) is 3.26. The number of hydrogen-bond donors (Lipinski definition) is 0. The molecule has 0 amide bonds. The molecule has 2 aliphatic carbocycles. The van der Waals surface area contributed by atoms with E-state index >= 15 is 0 Å². The van der Waals surface area contributed by atoms with Crippen LogP contribution in [0.3, 0.4) is 0 Å². The van der Waals surface area contributed by atoms with E-state index in [1.54, 1.807) is 6.07 Å². The van der Waals surface area contributed by atoms with Crippen molar-refractivity contribution in [3.05, 3.63) is 43.5 Å². The molecule has 1 aromatic rings. The lowest BCUT2D eigenvalue weighted by atomic mass is 9.90. The second-order valence-corrected chi connectivity index (χ2v) is 4.66. The van der Waals surface area contributed by atoms with Crippen molar-refractivity contribution >= 4 is 11.4 Å². The summed E-state index contributed by atoms with van der Waals surface area (Å²) in [5.74, 6) is 0.518. The first-order valence-corrected chi connectivity index (χ1v) is 5.55. The first-order valence-electron chi connectivity index (χ1n) is 5.55. The number of fused-ring (bicyclic) bond motifs is 5. The zero-order valence-corrected chi connectivity index (χ0v) is 8.96. The van der Waals surface area contributed by atoms with Gasteiger partial charge in [-0.05, 0) is 36.7 Å². The first-order chi connectivity index (χ1) is 8.09. The van der Waals surface area contributed by atoms with Crippen molar-refractivity contribution in [3.8, 4) is 0 Å². The average molecular weight is 234 g/mol. The predicted octanol–water partition coefficient (Wildman–Crippen LogP) is 2.87. The molecule has 1 saturated carbocycles. The zero-order chi connectivity index (χ0) is 12.2. The van der Waals surface area contributed by atoms with Gasteiger partial charge in [-0.15, -0.1) is 0 Å². The van der Waals surface area contributed by atoms with Crippen LogP contribution in [0.2, 0.25) is 0 Å². The summed E-state index contributed by atoms with van der Waals surface area (Å²) in [5, 5.41) is 21.9. The van der Waals surface area contributed by atoms with Crippen LogP contribution in [0.4, 0.5) is 11.4 Å². The van der Waals surface area contributed by atoms with E-state index in [0.29, 0.717) is 11.5 Å². The molecule has 3 rings (SSSR count). The van der Waals surface area contributed by atoms with Gasteiger partial charge in [-0.3, -0.25) is 20.2 Å². The Bertz CT molecular complexity index is 541. The Morgan fingerprint density at radius 3 is 2.41 bits per heavy atom. The molecule has 1 fully saturated rings. The number of nitro groups is 2. The van der Waals surface area contributed by atoms with Gasteiger partial charge in [0, 0.05) is 11.6 Å². The molecule has 2 atom stereocenters. The molecule has 2 bridgehead atoms. The molecule has 0 radical (unpaired) electrons. The van der Waals surface area contributed by atoms with Crippen LogP contribution in [0.25, 0.3) is 0 Å². The third-order valence-corrected chi connectivity index (χ3v) is 3.89. The molecule has 0 aliphatic heterocycles. The molecule has 2 aliphatic rings. The Morgan fingerprint density at radius 2 is 1.76 bits per heavy atom. The summed E-state index contributed by atoms with van der Waals surface area (Å²) in [7, 11) is 0. The van der Waals surface area contributed by atoms with E-state index in [9.17, 15) is 20.2 Å². The normalized spacial score (nSPS) is 24.7. The van der Waals surface area contributed by atoms with Crippen molar-refractivity contribution < 1.29 is 9.85 Å². The van der Waals surface area contributed by atoms with Crippen LogP contribution in [0, 0.1) is 20.2 Å². The van der Waals surface area contributed by atoms with Crippen LogP contribution in [0.5, 0.6) is 0 Å². The summed E-state index contributed by atoms with van der Waals surface area (Å²) < 4.78 is 0. The zero-order valence-electron chi connectivity index (χ0n) is 8.96. The number of nitrogens with zero attached hydrogens (tertiary/aromatic N) is 2. The lowest BCUT2D eigenvalue weighted by Crippen LogP contribution is -2.06. The number of nitro benzene ring substituents is 2. The lowest BCUT2D eigenvalue weighted by Gasteiger charge is -2.14. The Kier molecular flexibility index (Phi) is 1.95. The highest BCUT2D eigenvalue weighted by molar-refractivity contribution is 5.65. The maximum absolute atomic E-state index is 11.1. The Hall–Kier alpha value is -1.98. The molecule has 6 heteroatoms. The first kappa shape index (κ1) is 10.2. The highest BCUT2D eigenvalue weighted by Crippen LogP contribution is 2.57. The van der Waals surface area contributed by atoms with E-state index in [1.807, 2.05) is 0 Å². The fourth-order valence-corrected chi connectivity index (χ4v) is 3.26. The van der Waals surface area contributed by atoms with Crippen LogP contribution < -0.4 is 0 Å². The fraction of sp³-hybridized carbons (Fsp3) is 0.455. The predicted molar refractivity (Wildman–Crippen MR) is 59.1 cm³/mol. The second-order valence-electron chi connectivity index (χ2n) is 4.66. The number of rotatable bonds is 2. The number of hydrogen-bond acceptors (Lipinski definition) is 4. The lowest BCUT2D eigenvalue weighted by molar-refractivity contribution is -0.423. The van der Waals surface area contributed by atoms with Gasteiger partial charge in [-0.1, -0.05) is 6.07 Å². The van der Waals surface area contributed by atoms with Crippen molar-refractivity contribution in [2.24, 2.45) is 0 Å². The summed E-state index contributed by atoms with van der Waals surface area (Å²) in [4.78, 5) is 20.6. The minimum absolute atomic E-state index is 0.148. The van der Waals surface area contributed by atoms with Crippen LogP contribution in [0.15, 0.2) is 12.1 Å². The van der Waals surface area contributed by atoms with Gasteiger partial charge in [-0.2, -0.15) is 0 Å². The third kappa shape index (κ3) is 1.26. The van der Waals surface area contributed by atoms with Gasteiger partial charge in [0.15, 0.2) is 0 Å². The van der Waals surface area contributed by atoms with Crippen LogP contribution in [-0.4, -0.2) is 9.85 Å². The van der Waals surface area contributed by atoms with Crippen molar-refractivity contribution in [2.75, 3.05) is 0 Å². The van der Waals surface area contributed by atoms with Gasteiger partial charge in [0.05, 0.1) is 9.85 Å². The van der Waals surface area contributed by atoms with E-state index in [2.05, 4.69) is 0 Å². The van der Waals surface area contributed by atoms with Crippen molar-refractivity contribution in [3.63, 3.8) is 0 Å². The van der Waals surface area contributed by atoms with Gasteiger partial charge in [0.1, 0.15) is 0 Å². The quantitative estimate of drug-likeness (QED) is 0.581. The SMILES string of the molecule is O=[N+]([O-])c1ccc2c(c1[N+](=O)[O-])C1CCC2C1. The molecule has 2 unspecified atom stereocenters. The van der Waals surface area contributed by atoms with Crippen LogP contribution >= 0.6 is 0 Å². The van der Waals surface area contributed by atoms with Gasteiger partial charge in [0.25, 0.3) is 0 Å². The van der Waals surface area contributed by atoms with E-state index < -0.39 is 9.85 Å². The van der Waals surface area contributed by atoms with Crippen molar-refractivity contribution in [2.45, 2.75) is 31.1 Å². The number of benzene rings is 1. The maximum Gasteiger partial charge on any atom is 0.349 e. The molecule has 0 N–H and O–H groups in total. The smallest absolute Gasteiger partial charge is 0.258 e. The molecular formula is C11H10N2O4. The van der Waals surface area contributed by atoms with E-state index in [4.69, 9.17) is 0 Å². The second kappa shape index (κ2) is 3.26. The summed E-state index contributed by atoms with van der Waals surface area (Å²) in [6.07, 6.45) is 2.88. The monoisotopic (exact) mass is 234 g/mol. The van der Waals surface area contributed by atoms with Gasteiger partial charge < -0.3 is 0 Å². The van der Waals surface area contributed by atoms with Crippen molar-refractivity contribution in [1.82, 2.24) is 0 Å². The molecule has 0 aromatic heterocycles. The van der Waals surface area contributed by atoms with Crippen LogP contribution in [0.1, 0.15) is 42.2 Å². The molecule has 0 heterocycles. The van der Waals surface area contributed by atoms with E-state index in [-0.39, 0.29) is 17.3 Å². The Labute approximate surface area is 96.6 Å². The standard InChI is InChI=1S/C11H10N2O4/c14-12(15)9-4-3-8-6-1-2-7(5-6)10(8)11(9)13(16)17/h3-4,6-7H,1-2,5H2. The minimum atomic E-state index is -0.662. The molecule has 88 valence electrons. The largest absolute Gasteiger partial charge is 0.349 e. The average Bonchev–Trinajstić information content (AvgIpc) is 2.87. The molecule has 17 heavy (non-hydrogen) atoms.